The predicted molar refractivity (Wildman–Crippen MR) is 69.7 cm³/mol. The van der Waals surface area contributed by atoms with Crippen molar-refractivity contribution >= 4 is 11.4 Å². The topological polar surface area (TPSA) is 71.1 Å². The summed E-state index contributed by atoms with van der Waals surface area (Å²) in [5.41, 5.74) is 7.49. The Bertz CT molecular complexity index is 410. The molecule has 0 saturated carbocycles. The van der Waals surface area contributed by atoms with Crippen LogP contribution < -0.4 is 11.1 Å². The Balaban J connectivity index is 2.32. The van der Waals surface area contributed by atoms with Gasteiger partial charge in [-0.2, -0.15) is 5.26 Å². The third-order valence-electron chi connectivity index (χ3n) is 2.22. The zero-order valence-corrected chi connectivity index (χ0v) is 9.78. The molecule has 0 bridgehead atoms. The first kappa shape index (κ1) is 13.1. The van der Waals surface area contributed by atoms with E-state index in [1.54, 1.807) is 12.1 Å². The van der Waals surface area contributed by atoms with Crippen LogP contribution >= 0.6 is 0 Å². The minimum absolute atomic E-state index is 0.488. The van der Waals surface area contributed by atoms with Crippen molar-refractivity contribution in [2.45, 2.75) is 6.42 Å². The normalized spacial score (nSPS) is 9.59. The Morgan fingerprint density at radius 1 is 1.47 bits per heavy atom. The van der Waals surface area contributed by atoms with Crippen LogP contribution in [0.25, 0.3) is 0 Å². The van der Waals surface area contributed by atoms with Crippen LogP contribution in [0.3, 0.4) is 0 Å². The average molecular weight is 231 g/mol. The van der Waals surface area contributed by atoms with Crippen molar-refractivity contribution in [2.24, 2.45) is 0 Å². The molecule has 0 atom stereocenters. The Morgan fingerprint density at radius 3 is 3.00 bits per heavy atom. The molecule has 0 heterocycles. The van der Waals surface area contributed by atoms with Crippen LogP contribution in [-0.2, 0) is 4.74 Å². The zero-order valence-electron chi connectivity index (χ0n) is 9.78. The summed E-state index contributed by atoms with van der Waals surface area (Å²) < 4.78 is 5.35. The van der Waals surface area contributed by atoms with Gasteiger partial charge in [-0.15, -0.1) is 6.58 Å². The summed E-state index contributed by atoms with van der Waals surface area (Å²) in [7, 11) is 0. The number of benzene rings is 1. The second-order valence-electron chi connectivity index (χ2n) is 3.53. The summed E-state index contributed by atoms with van der Waals surface area (Å²) in [5.74, 6) is 0. The lowest BCUT2D eigenvalue weighted by molar-refractivity contribution is 0.149. The minimum Gasteiger partial charge on any atom is -0.398 e. The maximum absolute atomic E-state index is 8.82. The molecular formula is C13H17N3O. The molecule has 1 rings (SSSR count). The van der Waals surface area contributed by atoms with Crippen molar-refractivity contribution in [1.29, 1.82) is 5.26 Å². The molecule has 0 saturated heterocycles. The van der Waals surface area contributed by atoms with Gasteiger partial charge in [0.15, 0.2) is 0 Å². The van der Waals surface area contributed by atoms with E-state index in [4.69, 9.17) is 15.7 Å². The first-order valence-electron chi connectivity index (χ1n) is 5.50. The number of nitrogens with two attached hydrogens (primary N) is 1. The van der Waals surface area contributed by atoms with Crippen LogP contribution in [0.5, 0.6) is 0 Å². The van der Waals surface area contributed by atoms with E-state index >= 15 is 0 Å². The number of hydrogen-bond acceptors (Lipinski definition) is 4. The summed E-state index contributed by atoms with van der Waals surface area (Å²) in [6.45, 7) is 5.63. The van der Waals surface area contributed by atoms with Crippen LogP contribution in [0.2, 0.25) is 0 Å². The number of nitriles is 1. The maximum Gasteiger partial charge on any atom is 0.101 e. The minimum atomic E-state index is 0.488. The fourth-order valence-electron chi connectivity index (χ4n) is 1.30. The van der Waals surface area contributed by atoms with Crippen molar-refractivity contribution in [2.75, 3.05) is 30.8 Å². The van der Waals surface area contributed by atoms with Gasteiger partial charge < -0.3 is 15.8 Å². The molecule has 0 amide bonds. The molecule has 0 aliphatic rings. The van der Waals surface area contributed by atoms with Crippen molar-refractivity contribution < 1.29 is 4.74 Å². The standard InChI is InChI=1S/C13H17N3O/c1-2-3-7-17-8-6-16-12-4-5-13(15)11(9-12)10-14/h2,4-5,9,16H,1,3,6-8,15H2. The Labute approximate surface area is 102 Å². The van der Waals surface area contributed by atoms with E-state index in [1.807, 2.05) is 18.2 Å². The lowest BCUT2D eigenvalue weighted by Crippen LogP contribution is -2.10. The van der Waals surface area contributed by atoms with Crippen molar-refractivity contribution in [3.8, 4) is 6.07 Å². The molecule has 1 aromatic rings. The van der Waals surface area contributed by atoms with Crippen LogP contribution in [0.15, 0.2) is 30.9 Å². The van der Waals surface area contributed by atoms with E-state index in [0.29, 0.717) is 31.0 Å². The fourth-order valence-corrected chi connectivity index (χ4v) is 1.30. The van der Waals surface area contributed by atoms with E-state index < -0.39 is 0 Å². The highest BCUT2D eigenvalue weighted by Gasteiger charge is 1.99. The van der Waals surface area contributed by atoms with Crippen molar-refractivity contribution in [3.05, 3.63) is 36.4 Å². The largest absolute Gasteiger partial charge is 0.398 e. The van der Waals surface area contributed by atoms with Crippen LogP contribution in [0.1, 0.15) is 12.0 Å². The number of nitrogen functional groups attached to an aromatic ring is 1. The predicted octanol–water partition coefficient (Wildman–Crippen LogP) is 2.15. The molecule has 90 valence electrons. The summed E-state index contributed by atoms with van der Waals surface area (Å²) >= 11 is 0. The molecule has 0 spiro atoms. The van der Waals surface area contributed by atoms with E-state index in [1.165, 1.54) is 0 Å². The summed E-state index contributed by atoms with van der Waals surface area (Å²) in [6.07, 6.45) is 2.69. The number of hydrogen-bond donors (Lipinski definition) is 2. The van der Waals surface area contributed by atoms with Crippen molar-refractivity contribution in [3.63, 3.8) is 0 Å². The van der Waals surface area contributed by atoms with Gasteiger partial charge in [-0.25, -0.2) is 0 Å². The van der Waals surface area contributed by atoms with Crippen LogP contribution in [0, 0.1) is 11.3 Å². The summed E-state index contributed by atoms with van der Waals surface area (Å²) in [4.78, 5) is 0. The molecule has 1 aromatic carbocycles. The average Bonchev–Trinajstić information content (AvgIpc) is 2.35. The highest BCUT2D eigenvalue weighted by molar-refractivity contribution is 5.61. The SMILES string of the molecule is C=CCCOCCNc1ccc(N)c(C#N)c1. The molecule has 4 nitrogen and oxygen atoms in total. The van der Waals surface area contributed by atoms with E-state index in [9.17, 15) is 0 Å². The van der Waals surface area contributed by atoms with Crippen LogP contribution in [-0.4, -0.2) is 19.8 Å². The highest BCUT2D eigenvalue weighted by atomic mass is 16.5. The zero-order chi connectivity index (χ0) is 12.5. The van der Waals surface area contributed by atoms with Gasteiger partial charge >= 0.3 is 0 Å². The van der Waals surface area contributed by atoms with Gasteiger partial charge in [0.25, 0.3) is 0 Å². The quantitative estimate of drug-likeness (QED) is 0.428. The lowest BCUT2D eigenvalue weighted by Gasteiger charge is -2.08. The summed E-state index contributed by atoms with van der Waals surface area (Å²) in [6, 6.07) is 7.35. The van der Waals surface area contributed by atoms with Crippen molar-refractivity contribution in [1.82, 2.24) is 0 Å². The number of rotatable bonds is 7. The van der Waals surface area contributed by atoms with Gasteiger partial charge in [-0.3, -0.25) is 0 Å². The lowest BCUT2D eigenvalue weighted by atomic mass is 10.2. The third kappa shape index (κ3) is 4.58. The van der Waals surface area contributed by atoms with Gasteiger partial charge in [0.2, 0.25) is 0 Å². The van der Waals surface area contributed by atoms with E-state index in [-0.39, 0.29) is 0 Å². The van der Waals surface area contributed by atoms with Gasteiger partial charge in [-0.05, 0) is 24.6 Å². The monoisotopic (exact) mass is 231 g/mol. The molecule has 4 heteroatoms. The van der Waals surface area contributed by atoms with Gasteiger partial charge in [0.05, 0.1) is 18.8 Å². The molecule has 0 aromatic heterocycles. The first-order valence-corrected chi connectivity index (χ1v) is 5.50. The number of ether oxygens (including phenoxy) is 1. The number of anilines is 2. The van der Waals surface area contributed by atoms with E-state index in [0.717, 1.165) is 12.1 Å². The van der Waals surface area contributed by atoms with E-state index in [2.05, 4.69) is 11.9 Å². The Kier molecular flexibility index (Phi) is 5.62. The maximum atomic E-state index is 8.82. The van der Waals surface area contributed by atoms with Gasteiger partial charge in [-0.1, -0.05) is 6.08 Å². The molecule has 0 unspecified atom stereocenters. The second-order valence-corrected chi connectivity index (χ2v) is 3.53. The molecule has 0 aliphatic carbocycles. The molecule has 3 N–H and O–H groups in total. The smallest absolute Gasteiger partial charge is 0.101 e. The molecule has 17 heavy (non-hydrogen) atoms. The molecule has 0 radical (unpaired) electrons. The van der Waals surface area contributed by atoms with Gasteiger partial charge in [0.1, 0.15) is 6.07 Å². The molecule has 0 fully saturated rings. The number of nitrogens with one attached hydrogen (secondary N) is 1. The summed E-state index contributed by atoms with van der Waals surface area (Å²) in [5, 5.41) is 12.0. The third-order valence-corrected chi connectivity index (χ3v) is 2.22. The van der Waals surface area contributed by atoms with Gasteiger partial charge in [0, 0.05) is 17.9 Å². The Morgan fingerprint density at radius 2 is 2.29 bits per heavy atom. The first-order chi connectivity index (χ1) is 8.27. The Hall–Kier alpha value is -1.99. The van der Waals surface area contributed by atoms with Crippen LogP contribution in [0.4, 0.5) is 11.4 Å². The molecular weight excluding hydrogens is 214 g/mol. The molecule has 0 aliphatic heterocycles. The number of nitrogens with zero attached hydrogens (tertiary/aromatic N) is 1. The highest BCUT2D eigenvalue weighted by Crippen LogP contribution is 2.16. The fraction of sp³-hybridized carbons (Fsp3) is 0.308. The second kappa shape index (κ2) is 7.31.